The second-order valence-electron chi connectivity index (χ2n) is 2.16. The van der Waals surface area contributed by atoms with Gasteiger partial charge in [0.25, 0.3) is 0 Å². The molecule has 1 heterocycles. The predicted molar refractivity (Wildman–Crippen MR) is 45.3 cm³/mol. The van der Waals surface area contributed by atoms with E-state index in [9.17, 15) is 0 Å². The summed E-state index contributed by atoms with van der Waals surface area (Å²) >= 11 is 0. The van der Waals surface area contributed by atoms with Crippen molar-refractivity contribution in [3.63, 3.8) is 0 Å². The molecule has 0 saturated carbocycles. The monoisotopic (exact) mass is 168 g/mol. The Balaban J connectivity index is 2.68. The second kappa shape index (κ2) is 4.56. The van der Waals surface area contributed by atoms with E-state index in [1.165, 1.54) is 0 Å². The summed E-state index contributed by atoms with van der Waals surface area (Å²) in [6.07, 6.45) is 3.25. The van der Waals surface area contributed by atoms with Crippen LogP contribution in [-0.2, 0) is 0 Å². The molecule has 1 aromatic heterocycles. The zero-order chi connectivity index (χ0) is 8.81. The molecule has 0 atom stereocenters. The van der Waals surface area contributed by atoms with E-state index < -0.39 is 0 Å². The van der Waals surface area contributed by atoms with Crippen LogP contribution in [0.2, 0.25) is 0 Å². The SMILES string of the molecule is COc1ccncc1OCCN. The fourth-order valence-electron chi connectivity index (χ4n) is 0.813. The van der Waals surface area contributed by atoms with Crippen LogP contribution in [0, 0.1) is 0 Å². The Kier molecular flexibility index (Phi) is 3.35. The van der Waals surface area contributed by atoms with Crippen molar-refractivity contribution in [2.24, 2.45) is 5.73 Å². The third-order valence-corrected chi connectivity index (χ3v) is 1.34. The third kappa shape index (κ3) is 2.10. The van der Waals surface area contributed by atoms with E-state index in [-0.39, 0.29) is 0 Å². The second-order valence-corrected chi connectivity index (χ2v) is 2.16. The Hall–Kier alpha value is -1.29. The summed E-state index contributed by atoms with van der Waals surface area (Å²) in [5, 5.41) is 0. The Bertz CT molecular complexity index is 240. The van der Waals surface area contributed by atoms with Crippen molar-refractivity contribution in [2.75, 3.05) is 20.3 Å². The molecule has 66 valence electrons. The molecule has 1 rings (SSSR count). The molecular weight excluding hydrogens is 156 g/mol. The predicted octanol–water partition coefficient (Wildman–Crippen LogP) is 0.428. The van der Waals surface area contributed by atoms with E-state index in [0.717, 1.165) is 0 Å². The molecule has 0 saturated heterocycles. The first-order chi connectivity index (χ1) is 5.88. The molecule has 0 fully saturated rings. The average molecular weight is 168 g/mol. The number of methoxy groups -OCH3 is 1. The van der Waals surface area contributed by atoms with Crippen LogP contribution in [-0.4, -0.2) is 25.2 Å². The first-order valence-electron chi connectivity index (χ1n) is 3.69. The van der Waals surface area contributed by atoms with Crippen LogP contribution < -0.4 is 15.2 Å². The Morgan fingerprint density at radius 3 is 3.00 bits per heavy atom. The van der Waals surface area contributed by atoms with Gasteiger partial charge in [0.15, 0.2) is 11.5 Å². The summed E-state index contributed by atoms with van der Waals surface area (Å²) < 4.78 is 10.3. The number of nitrogens with two attached hydrogens (primary N) is 1. The Morgan fingerprint density at radius 1 is 1.50 bits per heavy atom. The summed E-state index contributed by atoms with van der Waals surface area (Å²) in [6, 6.07) is 1.74. The molecule has 0 unspecified atom stereocenters. The number of ether oxygens (including phenoxy) is 2. The molecule has 0 bridgehead atoms. The van der Waals surface area contributed by atoms with Crippen LogP contribution in [0.5, 0.6) is 11.5 Å². The summed E-state index contributed by atoms with van der Waals surface area (Å²) in [4.78, 5) is 3.90. The lowest BCUT2D eigenvalue weighted by Gasteiger charge is -2.07. The quantitative estimate of drug-likeness (QED) is 0.708. The molecule has 2 N–H and O–H groups in total. The number of pyridine rings is 1. The minimum Gasteiger partial charge on any atom is -0.493 e. The Morgan fingerprint density at radius 2 is 2.33 bits per heavy atom. The van der Waals surface area contributed by atoms with Gasteiger partial charge >= 0.3 is 0 Å². The molecule has 12 heavy (non-hydrogen) atoms. The molecule has 4 nitrogen and oxygen atoms in total. The smallest absolute Gasteiger partial charge is 0.179 e. The van der Waals surface area contributed by atoms with Crippen LogP contribution in [0.15, 0.2) is 18.5 Å². The fourth-order valence-corrected chi connectivity index (χ4v) is 0.813. The molecule has 0 aliphatic heterocycles. The normalized spacial score (nSPS) is 9.50. The van der Waals surface area contributed by atoms with Crippen molar-refractivity contribution in [1.29, 1.82) is 0 Å². The van der Waals surface area contributed by atoms with Gasteiger partial charge in [-0.3, -0.25) is 4.98 Å². The van der Waals surface area contributed by atoms with Gasteiger partial charge in [0.1, 0.15) is 6.61 Å². The van der Waals surface area contributed by atoms with Crippen LogP contribution in [0.25, 0.3) is 0 Å². The van der Waals surface area contributed by atoms with Gasteiger partial charge in [-0.25, -0.2) is 0 Å². The number of rotatable bonds is 4. The van der Waals surface area contributed by atoms with Crippen molar-refractivity contribution >= 4 is 0 Å². The van der Waals surface area contributed by atoms with Crippen molar-refractivity contribution in [2.45, 2.75) is 0 Å². The van der Waals surface area contributed by atoms with E-state index in [1.807, 2.05) is 0 Å². The van der Waals surface area contributed by atoms with Crippen LogP contribution in [0.4, 0.5) is 0 Å². The highest BCUT2D eigenvalue weighted by atomic mass is 16.5. The van der Waals surface area contributed by atoms with E-state index in [4.69, 9.17) is 15.2 Å². The van der Waals surface area contributed by atoms with Crippen molar-refractivity contribution in [3.05, 3.63) is 18.5 Å². The van der Waals surface area contributed by atoms with Crippen molar-refractivity contribution in [1.82, 2.24) is 4.98 Å². The molecule has 0 aliphatic carbocycles. The van der Waals surface area contributed by atoms with Gasteiger partial charge in [-0.1, -0.05) is 0 Å². The molecule has 0 spiro atoms. The first-order valence-corrected chi connectivity index (χ1v) is 3.69. The van der Waals surface area contributed by atoms with Crippen LogP contribution in [0.1, 0.15) is 0 Å². The van der Waals surface area contributed by atoms with Crippen LogP contribution >= 0.6 is 0 Å². The number of nitrogens with zero attached hydrogens (tertiary/aromatic N) is 1. The lowest BCUT2D eigenvalue weighted by molar-refractivity contribution is 0.301. The van der Waals surface area contributed by atoms with E-state index in [1.54, 1.807) is 25.6 Å². The number of aromatic nitrogens is 1. The standard InChI is InChI=1S/C8H12N2O2/c1-11-7-2-4-10-6-8(7)12-5-3-9/h2,4,6H,3,5,9H2,1H3. The van der Waals surface area contributed by atoms with Gasteiger partial charge in [-0.2, -0.15) is 0 Å². The van der Waals surface area contributed by atoms with E-state index in [0.29, 0.717) is 24.7 Å². The topological polar surface area (TPSA) is 57.4 Å². The lowest BCUT2D eigenvalue weighted by atomic mass is 10.4. The highest BCUT2D eigenvalue weighted by Gasteiger charge is 2.01. The largest absolute Gasteiger partial charge is 0.493 e. The Labute approximate surface area is 71.3 Å². The highest BCUT2D eigenvalue weighted by Crippen LogP contribution is 2.23. The zero-order valence-electron chi connectivity index (χ0n) is 6.99. The number of hydrogen-bond acceptors (Lipinski definition) is 4. The maximum absolute atomic E-state index is 5.28. The molecular formula is C8H12N2O2. The number of hydrogen-bond donors (Lipinski definition) is 1. The lowest BCUT2D eigenvalue weighted by Crippen LogP contribution is -2.11. The van der Waals surface area contributed by atoms with E-state index >= 15 is 0 Å². The van der Waals surface area contributed by atoms with Crippen molar-refractivity contribution in [3.8, 4) is 11.5 Å². The average Bonchev–Trinajstić information content (AvgIpc) is 2.15. The third-order valence-electron chi connectivity index (χ3n) is 1.34. The molecule has 4 heteroatoms. The molecule has 0 aliphatic rings. The zero-order valence-corrected chi connectivity index (χ0v) is 6.99. The van der Waals surface area contributed by atoms with Crippen LogP contribution in [0.3, 0.4) is 0 Å². The minimum absolute atomic E-state index is 0.474. The summed E-state index contributed by atoms with van der Waals surface area (Å²) in [7, 11) is 1.59. The van der Waals surface area contributed by atoms with Gasteiger partial charge in [0, 0.05) is 18.8 Å². The van der Waals surface area contributed by atoms with Crippen molar-refractivity contribution < 1.29 is 9.47 Å². The summed E-state index contributed by atoms with van der Waals surface area (Å²) in [5.41, 5.74) is 5.28. The summed E-state index contributed by atoms with van der Waals surface area (Å²) in [6.45, 7) is 0.958. The summed E-state index contributed by atoms with van der Waals surface area (Å²) in [5.74, 6) is 1.31. The van der Waals surface area contributed by atoms with Gasteiger partial charge in [-0.15, -0.1) is 0 Å². The van der Waals surface area contributed by atoms with E-state index in [2.05, 4.69) is 4.98 Å². The molecule has 0 radical (unpaired) electrons. The van der Waals surface area contributed by atoms with Gasteiger partial charge < -0.3 is 15.2 Å². The maximum Gasteiger partial charge on any atom is 0.179 e. The van der Waals surface area contributed by atoms with Gasteiger partial charge in [0.2, 0.25) is 0 Å². The molecule has 0 amide bonds. The van der Waals surface area contributed by atoms with Gasteiger partial charge in [-0.05, 0) is 0 Å². The molecule has 0 aromatic carbocycles. The van der Waals surface area contributed by atoms with Gasteiger partial charge in [0.05, 0.1) is 13.3 Å². The fraction of sp³-hybridized carbons (Fsp3) is 0.375. The maximum atomic E-state index is 5.28. The minimum atomic E-state index is 0.474. The molecule has 1 aromatic rings. The first kappa shape index (κ1) is 8.80. The highest BCUT2D eigenvalue weighted by molar-refractivity contribution is 5.36.